The number of hydrogen-bond donors (Lipinski definition) is 0. The molecule has 1 saturated heterocycles. The fourth-order valence-electron chi connectivity index (χ4n) is 3.09. The van der Waals surface area contributed by atoms with Crippen LogP contribution >= 0.6 is 0 Å². The summed E-state index contributed by atoms with van der Waals surface area (Å²) in [6.07, 6.45) is -1.01. The summed E-state index contributed by atoms with van der Waals surface area (Å²) < 4.78 is 44.5. The van der Waals surface area contributed by atoms with Gasteiger partial charge in [-0.3, -0.25) is 0 Å². The largest absolute Gasteiger partial charge is 0.416 e. The first-order valence-electron chi connectivity index (χ1n) is 8.25. The monoisotopic (exact) mass is 326 g/mol. The zero-order valence-electron chi connectivity index (χ0n) is 13.9. The van der Waals surface area contributed by atoms with E-state index in [9.17, 15) is 13.2 Å². The summed E-state index contributed by atoms with van der Waals surface area (Å²) in [5.41, 5.74) is 2.10. The van der Waals surface area contributed by atoms with E-state index < -0.39 is 11.7 Å². The van der Waals surface area contributed by atoms with Crippen LogP contribution in [0.15, 0.2) is 30.4 Å². The Bertz CT molecular complexity index is 548. The van der Waals surface area contributed by atoms with E-state index in [1.807, 2.05) is 6.92 Å². The first-order valence-corrected chi connectivity index (χ1v) is 8.25. The van der Waals surface area contributed by atoms with Crippen LogP contribution in [0.25, 0.3) is 0 Å². The number of alkyl halides is 3. The van der Waals surface area contributed by atoms with Gasteiger partial charge in [-0.15, -0.1) is 0 Å². The van der Waals surface area contributed by atoms with Gasteiger partial charge in [-0.25, -0.2) is 0 Å². The third-order valence-electron chi connectivity index (χ3n) is 4.64. The van der Waals surface area contributed by atoms with Crippen molar-refractivity contribution in [2.24, 2.45) is 11.8 Å². The summed E-state index contributed by atoms with van der Waals surface area (Å²) >= 11 is 0. The van der Waals surface area contributed by atoms with Gasteiger partial charge < -0.3 is 4.74 Å². The number of ether oxygens (including phenoxy) is 1. The van der Waals surface area contributed by atoms with E-state index in [0.717, 1.165) is 42.6 Å². The molecule has 0 radical (unpaired) electrons. The summed E-state index contributed by atoms with van der Waals surface area (Å²) in [6, 6.07) is 4.04. The number of rotatable bonds is 4. The average molecular weight is 326 g/mol. The van der Waals surface area contributed by atoms with Gasteiger partial charge in [0.25, 0.3) is 0 Å². The molecule has 0 spiro atoms. The van der Waals surface area contributed by atoms with Crippen molar-refractivity contribution >= 4 is 0 Å². The predicted molar refractivity (Wildman–Crippen MR) is 86.4 cm³/mol. The Kier molecular flexibility index (Phi) is 5.90. The molecule has 1 aromatic carbocycles. The van der Waals surface area contributed by atoms with Crippen LogP contribution in [0, 0.1) is 11.8 Å². The lowest BCUT2D eigenvalue weighted by Gasteiger charge is -2.19. The second kappa shape index (κ2) is 7.52. The Balaban J connectivity index is 2.15. The van der Waals surface area contributed by atoms with E-state index in [1.165, 1.54) is 12.1 Å². The van der Waals surface area contributed by atoms with E-state index in [0.29, 0.717) is 18.9 Å². The molecule has 23 heavy (non-hydrogen) atoms. The quantitative estimate of drug-likeness (QED) is 0.670. The van der Waals surface area contributed by atoms with Gasteiger partial charge >= 0.3 is 6.18 Å². The SMILES string of the molecule is C=C(Cc1cc(C(F)(F)F)ccc1CC)C1CCC(C)COC1. The summed E-state index contributed by atoms with van der Waals surface area (Å²) in [5, 5.41) is 0. The van der Waals surface area contributed by atoms with E-state index in [1.54, 1.807) is 6.07 Å². The first kappa shape index (κ1) is 18.1. The Morgan fingerprint density at radius 2 is 1.96 bits per heavy atom. The third kappa shape index (κ3) is 4.84. The summed E-state index contributed by atoms with van der Waals surface area (Å²) in [4.78, 5) is 0. The molecule has 2 unspecified atom stereocenters. The van der Waals surface area contributed by atoms with Crippen LogP contribution in [0.5, 0.6) is 0 Å². The summed E-state index contributed by atoms with van der Waals surface area (Å²) in [7, 11) is 0. The molecular weight excluding hydrogens is 301 g/mol. The molecule has 128 valence electrons. The maximum absolute atomic E-state index is 12.9. The van der Waals surface area contributed by atoms with E-state index in [4.69, 9.17) is 4.74 Å². The minimum atomic E-state index is -4.30. The van der Waals surface area contributed by atoms with Crippen molar-refractivity contribution in [2.45, 2.75) is 45.7 Å². The minimum Gasteiger partial charge on any atom is -0.381 e. The molecule has 1 aliphatic rings. The third-order valence-corrected chi connectivity index (χ3v) is 4.64. The molecule has 0 aromatic heterocycles. The fourth-order valence-corrected chi connectivity index (χ4v) is 3.09. The van der Waals surface area contributed by atoms with Crippen LogP contribution in [0.4, 0.5) is 13.2 Å². The van der Waals surface area contributed by atoms with Gasteiger partial charge in [0, 0.05) is 12.5 Å². The lowest BCUT2D eigenvalue weighted by molar-refractivity contribution is -0.137. The molecule has 0 bridgehead atoms. The molecule has 0 amide bonds. The lowest BCUT2D eigenvalue weighted by Crippen LogP contribution is -2.13. The van der Waals surface area contributed by atoms with Gasteiger partial charge in [0.1, 0.15) is 0 Å². The van der Waals surface area contributed by atoms with Crippen LogP contribution in [0.3, 0.4) is 0 Å². The van der Waals surface area contributed by atoms with Gasteiger partial charge in [-0.2, -0.15) is 13.2 Å². The standard InChI is InChI=1S/C19H25F3O/c1-4-15-7-8-18(19(20,21)22)10-17(15)9-14(3)16-6-5-13(2)11-23-12-16/h7-8,10,13,16H,3-6,9,11-12H2,1-2H3. The maximum Gasteiger partial charge on any atom is 0.416 e. The molecule has 0 saturated carbocycles. The minimum absolute atomic E-state index is 0.235. The number of benzene rings is 1. The van der Waals surface area contributed by atoms with Crippen LogP contribution < -0.4 is 0 Å². The van der Waals surface area contributed by atoms with Gasteiger partial charge in [-0.05, 0) is 54.9 Å². The van der Waals surface area contributed by atoms with E-state index in [2.05, 4.69) is 13.5 Å². The molecule has 1 fully saturated rings. The highest BCUT2D eigenvalue weighted by molar-refractivity contribution is 5.36. The summed E-state index contributed by atoms with van der Waals surface area (Å²) in [6.45, 7) is 9.66. The Morgan fingerprint density at radius 3 is 2.61 bits per heavy atom. The highest BCUT2D eigenvalue weighted by atomic mass is 19.4. The van der Waals surface area contributed by atoms with Crippen molar-refractivity contribution in [1.82, 2.24) is 0 Å². The Hall–Kier alpha value is -1.29. The average Bonchev–Trinajstić information content (AvgIpc) is 2.71. The van der Waals surface area contributed by atoms with Crippen molar-refractivity contribution in [3.8, 4) is 0 Å². The maximum atomic E-state index is 12.9. The molecule has 0 aliphatic carbocycles. The van der Waals surface area contributed by atoms with Crippen molar-refractivity contribution in [1.29, 1.82) is 0 Å². The second-order valence-electron chi connectivity index (χ2n) is 6.59. The molecule has 4 heteroatoms. The molecule has 2 atom stereocenters. The van der Waals surface area contributed by atoms with Gasteiger partial charge in [0.05, 0.1) is 12.2 Å². The zero-order chi connectivity index (χ0) is 17.0. The summed E-state index contributed by atoms with van der Waals surface area (Å²) in [5.74, 6) is 0.770. The van der Waals surface area contributed by atoms with Gasteiger partial charge in [-0.1, -0.05) is 32.1 Å². The number of halogens is 3. The molecule has 0 N–H and O–H groups in total. The zero-order valence-corrected chi connectivity index (χ0v) is 13.9. The van der Waals surface area contributed by atoms with E-state index in [-0.39, 0.29) is 5.92 Å². The Morgan fingerprint density at radius 1 is 1.22 bits per heavy atom. The van der Waals surface area contributed by atoms with Crippen molar-refractivity contribution < 1.29 is 17.9 Å². The van der Waals surface area contributed by atoms with Crippen molar-refractivity contribution in [2.75, 3.05) is 13.2 Å². The van der Waals surface area contributed by atoms with Crippen LogP contribution in [0.1, 0.15) is 43.4 Å². The molecule has 2 rings (SSSR count). The van der Waals surface area contributed by atoms with Crippen LogP contribution in [-0.2, 0) is 23.8 Å². The number of aryl methyl sites for hydroxylation is 1. The fraction of sp³-hybridized carbons (Fsp3) is 0.579. The molecule has 1 aliphatic heterocycles. The second-order valence-corrected chi connectivity index (χ2v) is 6.59. The van der Waals surface area contributed by atoms with Gasteiger partial charge in [0.15, 0.2) is 0 Å². The topological polar surface area (TPSA) is 9.23 Å². The smallest absolute Gasteiger partial charge is 0.381 e. The van der Waals surface area contributed by atoms with Crippen LogP contribution in [0.2, 0.25) is 0 Å². The normalized spacial score (nSPS) is 22.7. The first-order chi connectivity index (χ1) is 10.8. The van der Waals surface area contributed by atoms with E-state index >= 15 is 0 Å². The number of hydrogen-bond acceptors (Lipinski definition) is 1. The predicted octanol–water partition coefficient (Wildman–Crippen LogP) is 5.43. The lowest BCUT2D eigenvalue weighted by atomic mass is 9.87. The van der Waals surface area contributed by atoms with Crippen LogP contribution in [-0.4, -0.2) is 13.2 Å². The Labute approximate surface area is 136 Å². The van der Waals surface area contributed by atoms with Gasteiger partial charge in [0.2, 0.25) is 0 Å². The van der Waals surface area contributed by atoms with Crippen molar-refractivity contribution in [3.63, 3.8) is 0 Å². The molecule has 1 heterocycles. The molecule has 1 nitrogen and oxygen atoms in total. The molecular formula is C19H25F3O. The van der Waals surface area contributed by atoms with Crippen molar-refractivity contribution in [3.05, 3.63) is 47.0 Å². The highest BCUT2D eigenvalue weighted by Gasteiger charge is 2.31. The highest BCUT2D eigenvalue weighted by Crippen LogP contribution is 2.32. The molecule has 1 aromatic rings.